The smallest absolute Gasteiger partial charge is 0.0890 e. The molecule has 0 atom stereocenters. The molecule has 11 heterocycles. The fraction of sp³-hybridized carbons (Fsp3) is 0.353. The molecular formula is C68H84Br3Cl2N17S51. The minimum atomic E-state index is 0. The van der Waals surface area contributed by atoms with Crippen molar-refractivity contribution in [1.29, 1.82) is 0 Å². The number of hydrogen-bond donors (Lipinski definition) is 4. The van der Waals surface area contributed by atoms with Crippen LogP contribution in [0.25, 0.3) is 33.1 Å². The van der Waals surface area contributed by atoms with E-state index in [2.05, 4.69) is 171 Å². The highest BCUT2D eigenvalue weighted by Crippen LogP contribution is 2.26. The lowest BCUT2D eigenvalue weighted by molar-refractivity contribution is 0.520. The van der Waals surface area contributed by atoms with E-state index >= 15 is 0 Å². The minimum absolute atomic E-state index is 0. The Hall–Kier alpha value is 4.44. The molecule has 0 saturated carbocycles. The molecule has 7 aromatic heterocycles. The Labute approximate surface area is 1010 Å². The standard InChI is InChI=1S/2C19H21N5.C10H13BrN2.C9H9N3.C5H3Br2N.C5H11N.CH4.2ClH.S26.S25/c2*1-2-8-24(9-3-1)17-11-16(13-20-14-17)23-12-15-4-5-18-19(10-15)22-7-6-21-18;11-9-6-10(8-12-7-9)13-4-2-1-3-5-13;10-6-7-1-2-8-9(5-7)12-4-3-11-8;6-4-1-5(7)3-8-2-4;1-2-4-6-5-3-1;;;;1-3-5-7-9-11-13-15-17-19-21-23-25-26-24-22-20-18-16-14-12-10-8-6-4-2;1-3-5-7-9-11-13-15-17-19-21-23-25-24-22-20-18-16-14-12-10-8-6-4-2/h2*4-7,10-11,13-14,23H,1-3,8-9,12H2;6-8H,1-5H2;1-5H,6,10H2;1-3H;6H,1-5H2;1H4;2*1H;;. The monoisotopic (exact) mass is 3080 g/mol. The third-order valence-corrected chi connectivity index (χ3v) is 118. The first-order chi connectivity index (χ1) is 68.1. The summed E-state index contributed by atoms with van der Waals surface area (Å²) < 4.78 is 3.05. The average molecular weight is 3090 g/mol. The summed E-state index contributed by atoms with van der Waals surface area (Å²) in [5, 5.41) is 10.2. The second-order valence-corrected chi connectivity index (χ2v) is 111. The van der Waals surface area contributed by atoms with Crippen molar-refractivity contribution >= 4 is 596 Å². The van der Waals surface area contributed by atoms with Crippen LogP contribution in [-0.4, -0.2) is 102 Å². The third kappa shape index (κ3) is 70.8. The molecule has 4 aliphatic heterocycles. The van der Waals surface area contributed by atoms with E-state index in [0.717, 1.165) is 103 Å². The zero-order chi connectivity index (χ0) is 97.3. The summed E-state index contributed by atoms with van der Waals surface area (Å²) in [5.74, 6) is 0. The Morgan fingerprint density at radius 1 is 0.270 bits per heavy atom. The van der Waals surface area contributed by atoms with E-state index in [1.54, 1.807) is 298 Å². The molecule has 17 nitrogen and oxygen atoms in total. The number of halogens is 5. The summed E-state index contributed by atoms with van der Waals surface area (Å²) in [7, 11) is 81.7. The predicted molar refractivity (Wildman–Crippen MR) is 763 cm³/mol. The van der Waals surface area contributed by atoms with Crippen LogP contribution in [0.15, 0.2) is 179 Å². The van der Waals surface area contributed by atoms with Gasteiger partial charge in [-0.05, 0) is 209 Å². The second kappa shape index (κ2) is 97.7. The van der Waals surface area contributed by atoms with E-state index in [1.165, 1.54) is 167 Å². The van der Waals surface area contributed by atoms with Crippen LogP contribution >= 0.6 is 72.6 Å². The van der Waals surface area contributed by atoms with Gasteiger partial charge in [-0.1, -0.05) is 32.0 Å². The van der Waals surface area contributed by atoms with Crippen LogP contribution in [0.3, 0.4) is 0 Å². The molecular weight excluding hydrogens is 3000 g/mol. The molecule has 14 rings (SSSR count). The Morgan fingerprint density at radius 2 is 0.496 bits per heavy atom. The summed E-state index contributed by atoms with van der Waals surface area (Å²) in [6.45, 7) is 11.4. The summed E-state index contributed by atoms with van der Waals surface area (Å²) in [5.41, 5.74) is 20.2. The molecule has 141 heavy (non-hydrogen) atoms. The van der Waals surface area contributed by atoms with Crippen molar-refractivity contribution < 1.29 is 0 Å². The molecule has 10 aromatic rings. The number of nitrogens with zero attached hydrogens (tertiary/aromatic N) is 13. The summed E-state index contributed by atoms with van der Waals surface area (Å²) in [4.78, 5) is 49.8. The van der Waals surface area contributed by atoms with Crippen molar-refractivity contribution in [3.05, 3.63) is 196 Å². The van der Waals surface area contributed by atoms with Gasteiger partial charge in [-0.3, -0.25) is 49.8 Å². The molecule has 782 valence electrons. The third-order valence-electron chi connectivity index (χ3n) is 16.3. The summed E-state index contributed by atoms with van der Waals surface area (Å²) >= 11 is 29.1. The van der Waals surface area contributed by atoms with Gasteiger partial charge in [0.05, 0.1) is 92.5 Å². The van der Waals surface area contributed by atoms with Gasteiger partial charge < -0.3 is 36.4 Å². The number of hydrogen-bond acceptors (Lipinski definition) is 21. The van der Waals surface area contributed by atoms with Crippen molar-refractivity contribution in [2.24, 2.45) is 5.73 Å². The highest BCUT2D eigenvalue weighted by atomic mass is 79.9. The molecule has 5 N–H and O–H groups in total. The molecule has 0 bridgehead atoms. The van der Waals surface area contributed by atoms with Gasteiger partial charge in [0.1, 0.15) is 0 Å². The lowest BCUT2D eigenvalue weighted by atomic mass is 10.1. The van der Waals surface area contributed by atoms with Crippen molar-refractivity contribution in [3.63, 3.8) is 0 Å². The number of benzene rings is 3. The summed E-state index contributed by atoms with van der Waals surface area (Å²) in [6, 6.07) is 26.7. The van der Waals surface area contributed by atoms with Crippen LogP contribution in [0, 0.1) is 0 Å². The average Bonchev–Trinajstić information content (AvgIpc) is 0.833. The maximum absolute atomic E-state index is 5.49. The van der Waals surface area contributed by atoms with Crippen LogP contribution in [0.5, 0.6) is 0 Å². The number of piperidine rings is 4. The van der Waals surface area contributed by atoms with Gasteiger partial charge in [-0.15, -0.1) is 24.8 Å². The molecule has 73 heteroatoms. The van der Waals surface area contributed by atoms with Crippen LogP contribution in [-0.2, 0) is 482 Å². The van der Waals surface area contributed by atoms with E-state index in [-0.39, 0.29) is 32.2 Å². The number of rotatable bonds is 10. The van der Waals surface area contributed by atoms with Crippen molar-refractivity contribution in [1.82, 2.24) is 55.2 Å². The number of pyridine rings is 4. The number of anilines is 5. The van der Waals surface area contributed by atoms with Gasteiger partial charge in [-0.2, -0.15) is 0 Å². The fourth-order valence-electron chi connectivity index (χ4n) is 10.9. The molecule has 0 unspecified atom stereocenters. The summed E-state index contributed by atoms with van der Waals surface area (Å²) in [6.07, 6.45) is 41.2. The molecule has 4 aliphatic rings. The molecule has 0 radical (unpaired) electrons. The van der Waals surface area contributed by atoms with Crippen molar-refractivity contribution in [2.45, 2.75) is 104 Å². The Balaban J connectivity index is 0.000000346. The van der Waals surface area contributed by atoms with Gasteiger partial charge in [0.15, 0.2) is 0 Å². The van der Waals surface area contributed by atoms with Crippen molar-refractivity contribution in [3.8, 4) is 0 Å². The van der Waals surface area contributed by atoms with E-state index in [0.29, 0.717) is 6.54 Å². The SMILES string of the molecule is Brc1cncc(Br)c1.Brc1cncc(N2CCCCC2)c1.C.C1CCNCC1.Cl.Cl.NCc1ccc2nccnc2c1.S=S=S=S=S=S=S=S=S=S=S=S=S=S=S=S=S=S=S=S=S=S=S=S=S.S=S=S=S=S=S=S=S=S=S=S=S=S=S=S=S=S=S=S=S=S=S=S=S=S=S.c1cnc2cc(CNc3cncc(N4CCCCC4)c3)ccc2n1.c1cnc2cc(CNc3cncc(N4CCCCC4)c3)ccc2n1. The topological polar surface area (TPSA) is 201 Å². The van der Waals surface area contributed by atoms with Crippen LogP contribution < -0.4 is 36.4 Å². The lowest BCUT2D eigenvalue weighted by Gasteiger charge is -2.28. The predicted octanol–water partition coefficient (Wildman–Crippen LogP) is 15.9. The maximum atomic E-state index is 5.49. The highest BCUT2D eigenvalue weighted by Gasteiger charge is 2.15. The van der Waals surface area contributed by atoms with E-state index in [9.17, 15) is 0 Å². The van der Waals surface area contributed by atoms with Crippen LogP contribution in [0.2, 0.25) is 0 Å². The zero-order valence-electron chi connectivity index (χ0n) is 71.0. The molecule has 0 aliphatic carbocycles. The Morgan fingerprint density at radius 3 is 0.730 bits per heavy atom. The normalized spacial score (nSPS) is 11.8. The van der Waals surface area contributed by atoms with Crippen molar-refractivity contribution in [2.75, 3.05) is 77.7 Å². The second-order valence-electron chi connectivity index (χ2n) is 24.7. The molecule has 4 fully saturated rings. The van der Waals surface area contributed by atoms with E-state index in [1.807, 2.05) is 207 Å². The quantitative estimate of drug-likeness (QED) is 0.101. The van der Waals surface area contributed by atoms with Gasteiger partial charge in [-0.25, -0.2) is 0 Å². The first kappa shape index (κ1) is 138. The Kier molecular flexibility index (Phi) is 95.4. The fourth-order valence-corrected chi connectivity index (χ4v) is 130. The molecule has 0 spiro atoms. The molecule has 0 amide bonds. The van der Waals surface area contributed by atoms with Gasteiger partial charge >= 0.3 is 0 Å². The van der Waals surface area contributed by atoms with Gasteiger partial charge in [0.25, 0.3) is 0 Å². The minimum Gasteiger partial charge on any atom is -0.380 e. The highest BCUT2D eigenvalue weighted by molar-refractivity contribution is 9.11. The number of nitrogens with two attached hydrogens (primary N) is 1. The zero-order valence-corrected chi connectivity index (χ0v) is 119. The maximum Gasteiger partial charge on any atom is 0.0890 e. The molecule has 3 aromatic carbocycles. The first-order valence-corrected chi connectivity index (χ1v) is 106. The van der Waals surface area contributed by atoms with E-state index < -0.39 is 0 Å². The number of aromatic nitrogens is 10. The number of nitrogens with one attached hydrogen (secondary N) is 3. The first-order valence-electron chi connectivity index (χ1n) is 38.5. The van der Waals surface area contributed by atoms with Crippen LogP contribution in [0.4, 0.5) is 28.4 Å². The Bertz CT molecular complexity index is 7710. The van der Waals surface area contributed by atoms with E-state index in [4.69, 9.17) is 50.5 Å². The largest absolute Gasteiger partial charge is 0.380 e. The lowest BCUT2D eigenvalue weighted by Crippen LogP contribution is -2.29. The van der Waals surface area contributed by atoms with Gasteiger partial charge in [0, 0.05) is 590 Å². The van der Waals surface area contributed by atoms with Crippen LogP contribution in [0.1, 0.15) is 101 Å². The number of fused-ring (bicyclic) bond motifs is 3. The molecule has 4 saturated heterocycles. The van der Waals surface area contributed by atoms with Gasteiger partial charge in [0.2, 0.25) is 0 Å².